The fourth-order valence-electron chi connectivity index (χ4n) is 2.30. The number of nitrogens with zero attached hydrogens (tertiary/aromatic N) is 1. The minimum Gasteiger partial charge on any atom is -0.495 e. The van der Waals surface area contributed by atoms with Gasteiger partial charge >= 0.3 is 0 Å². The third-order valence-electron chi connectivity index (χ3n) is 3.44. The van der Waals surface area contributed by atoms with Gasteiger partial charge in [-0.25, -0.2) is 8.42 Å². The molecule has 8 heteroatoms. The minimum atomic E-state index is -3.85. The Labute approximate surface area is 154 Å². The number of aryl methyl sites for hydroxylation is 1. The predicted molar refractivity (Wildman–Crippen MR) is 98.2 cm³/mol. The van der Waals surface area contributed by atoms with Crippen molar-refractivity contribution in [1.82, 2.24) is 5.16 Å². The molecule has 1 heterocycles. The highest BCUT2D eigenvalue weighted by molar-refractivity contribution is 9.10. The summed E-state index contributed by atoms with van der Waals surface area (Å²) in [7, 11) is -2.43. The molecule has 6 nitrogen and oxygen atoms in total. The Kier molecular flexibility index (Phi) is 4.82. The van der Waals surface area contributed by atoms with E-state index in [9.17, 15) is 8.42 Å². The first-order valence-corrected chi connectivity index (χ1v) is 9.57. The normalized spacial score (nSPS) is 11.3. The standard InChI is InChI=1S/C17H15BrN2O4S/c1-11-8-16(24-19-11)12-6-7-15(23-2)17(9-12)25(21,22)20-14-5-3-4-13(18)10-14/h3-10,20H,1-2H3. The summed E-state index contributed by atoms with van der Waals surface area (Å²) in [6.07, 6.45) is 0. The van der Waals surface area contributed by atoms with Crippen molar-refractivity contribution in [3.63, 3.8) is 0 Å². The van der Waals surface area contributed by atoms with Gasteiger partial charge in [0.2, 0.25) is 0 Å². The second kappa shape index (κ2) is 6.89. The highest BCUT2D eigenvalue weighted by Crippen LogP contribution is 2.31. The van der Waals surface area contributed by atoms with E-state index in [1.165, 1.54) is 13.2 Å². The van der Waals surface area contributed by atoms with Gasteiger partial charge in [-0.2, -0.15) is 0 Å². The van der Waals surface area contributed by atoms with E-state index < -0.39 is 10.0 Å². The minimum absolute atomic E-state index is 0.0153. The van der Waals surface area contributed by atoms with E-state index in [4.69, 9.17) is 9.26 Å². The van der Waals surface area contributed by atoms with Crippen LogP contribution in [-0.2, 0) is 10.0 Å². The molecule has 0 saturated heterocycles. The molecule has 25 heavy (non-hydrogen) atoms. The molecule has 3 rings (SSSR count). The zero-order chi connectivity index (χ0) is 18.0. The summed E-state index contributed by atoms with van der Waals surface area (Å²) in [6, 6.07) is 13.4. The lowest BCUT2D eigenvalue weighted by Crippen LogP contribution is -2.14. The first-order valence-electron chi connectivity index (χ1n) is 7.29. The number of halogens is 1. The second-order valence-corrected chi connectivity index (χ2v) is 7.88. The van der Waals surface area contributed by atoms with E-state index in [1.54, 1.807) is 43.3 Å². The van der Waals surface area contributed by atoms with Gasteiger partial charge in [-0.3, -0.25) is 4.72 Å². The summed E-state index contributed by atoms with van der Waals surface area (Å²) in [5.74, 6) is 0.724. The molecule has 1 N–H and O–H groups in total. The summed E-state index contributed by atoms with van der Waals surface area (Å²) >= 11 is 3.32. The van der Waals surface area contributed by atoms with E-state index in [0.29, 0.717) is 22.7 Å². The summed E-state index contributed by atoms with van der Waals surface area (Å²) in [5, 5.41) is 3.83. The molecule has 0 saturated carbocycles. The van der Waals surface area contributed by atoms with Crippen molar-refractivity contribution in [3.05, 3.63) is 58.7 Å². The van der Waals surface area contributed by atoms with E-state index in [0.717, 1.165) is 4.47 Å². The van der Waals surface area contributed by atoms with Crippen LogP contribution in [0.2, 0.25) is 0 Å². The summed E-state index contributed by atoms with van der Waals surface area (Å²) in [6.45, 7) is 1.79. The van der Waals surface area contributed by atoms with Crippen LogP contribution >= 0.6 is 15.9 Å². The Morgan fingerprint density at radius 3 is 2.60 bits per heavy atom. The van der Waals surface area contributed by atoms with Gasteiger partial charge in [0.15, 0.2) is 5.76 Å². The van der Waals surface area contributed by atoms with Crippen LogP contribution < -0.4 is 9.46 Å². The van der Waals surface area contributed by atoms with Crippen LogP contribution in [0.4, 0.5) is 5.69 Å². The van der Waals surface area contributed by atoms with Gasteiger partial charge in [-0.05, 0) is 43.3 Å². The lowest BCUT2D eigenvalue weighted by molar-refractivity contribution is 0.402. The van der Waals surface area contributed by atoms with Gasteiger partial charge in [-0.1, -0.05) is 27.2 Å². The lowest BCUT2D eigenvalue weighted by Gasteiger charge is -2.12. The molecule has 0 amide bonds. The van der Waals surface area contributed by atoms with E-state index in [-0.39, 0.29) is 10.6 Å². The Morgan fingerprint density at radius 2 is 1.96 bits per heavy atom. The Balaban J connectivity index is 2.04. The molecule has 0 aliphatic rings. The molecule has 0 aliphatic carbocycles. The zero-order valence-corrected chi connectivity index (χ0v) is 15.9. The van der Waals surface area contributed by atoms with Crippen molar-refractivity contribution in [2.24, 2.45) is 0 Å². The van der Waals surface area contributed by atoms with Gasteiger partial charge < -0.3 is 9.26 Å². The average molecular weight is 423 g/mol. The third-order valence-corrected chi connectivity index (χ3v) is 5.34. The molecular formula is C17H15BrN2O4S. The Hall–Kier alpha value is -2.32. The Morgan fingerprint density at radius 1 is 1.16 bits per heavy atom. The number of ether oxygens (including phenoxy) is 1. The van der Waals surface area contributed by atoms with Crippen LogP contribution in [0.5, 0.6) is 5.75 Å². The third kappa shape index (κ3) is 3.85. The molecule has 1 aromatic heterocycles. The van der Waals surface area contributed by atoms with Crippen LogP contribution in [0.1, 0.15) is 5.69 Å². The van der Waals surface area contributed by atoms with Crippen LogP contribution in [0.3, 0.4) is 0 Å². The molecule has 0 unspecified atom stereocenters. The fraction of sp³-hybridized carbons (Fsp3) is 0.118. The van der Waals surface area contributed by atoms with Gasteiger partial charge in [-0.15, -0.1) is 0 Å². The highest BCUT2D eigenvalue weighted by atomic mass is 79.9. The molecular weight excluding hydrogens is 408 g/mol. The monoisotopic (exact) mass is 422 g/mol. The quantitative estimate of drug-likeness (QED) is 0.665. The van der Waals surface area contributed by atoms with E-state index in [2.05, 4.69) is 25.8 Å². The number of hydrogen-bond donors (Lipinski definition) is 1. The first kappa shape index (κ1) is 17.5. The number of hydrogen-bond acceptors (Lipinski definition) is 5. The van der Waals surface area contributed by atoms with Gasteiger partial charge in [0.1, 0.15) is 10.6 Å². The van der Waals surface area contributed by atoms with Crippen molar-refractivity contribution in [2.75, 3.05) is 11.8 Å². The highest BCUT2D eigenvalue weighted by Gasteiger charge is 2.21. The number of benzene rings is 2. The maximum atomic E-state index is 12.8. The lowest BCUT2D eigenvalue weighted by atomic mass is 10.1. The predicted octanol–water partition coefficient (Wildman–Crippen LogP) is 4.22. The average Bonchev–Trinajstić information content (AvgIpc) is 3.00. The maximum Gasteiger partial charge on any atom is 0.265 e. The molecule has 2 aromatic carbocycles. The second-order valence-electron chi connectivity index (χ2n) is 5.31. The van der Waals surface area contributed by atoms with Crippen molar-refractivity contribution in [2.45, 2.75) is 11.8 Å². The van der Waals surface area contributed by atoms with Crippen molar-refractivity contribution >= 4 is 31.6 Å². The summed E-state index contributed by atoms with van der Waals surface area (Å²) in [4.78, 5) is 0.0153. The number of aromatic nitrogens is 1. The summed E-state index contributed by atoms with van der Waals surface area (Å²) < 4.78 is 39.4. The van der Waals surface area contributed by atoms with Crippen LogP contribution in [0.25, 0.3) is 11.3 Å². The smallest absolute Gasteiger partial charge is 0.265 e. The molecule has 0 atom stereocenters. The zero-order valence-electron chi connectivity index (χ0n) is 13.5. The van der Waals surface area contributed by atoms with Crippen LogP contribution in [0, 0.1) is 6.92 Å². The van der Waals surface area contributed by atoms with Crippen molar-refractivity contribution < 1.29 is 17.7 Å². The van der Waals surface area contributed by atoms with Crippen molar-refractivity contribution in [3.8, 4) is 17.1 Å². The SMILES string of the molecule is COc1ccc(-c2cc(C)no2)cc1S(=O)(=O)Nc1cccc(Br)c1. The number of nitrogens with one attached hydrogen (secondary N) is 1. The topological polar surface area (TPSA) is 81.4 Å². The molecule has 0 spiro atoms. The maximum absolute atomic E-state index is 12.8. The van der Waals surface area contributed by atoms with Crippen LogP contribution in [0.15, 0.2) is 62.4 Å². The van der Waals surface area contributed by atoms with Gasteiger partial charge in [0.05, 0.1) is 12.8 Å². The van der Waals surface area contributed by atoms with Gasteiger partial charge in [0, 0.05) is 21.8 Å². The number of methoxy groups -OCH3 is 1. The van der Waals surface area contributed by atoms with E-state index in [1.807, 2.05) is 6.07 Å². The first-order chi connectivity index (χ1) is 11.9. The number of rotatable bonds is 5. The molecule has 0 fully saturated rings. The molecule has 0 radical (unpaired) electrons. The van der Waals surface area contributed by atoms with Crippen molar-refractivity contribution in [1.29, 1.82) is 0 Å². The largest absolute Gasteiger partial charge is 0.495 e. The van der Waals surface area contributed by atoms with Crippen LogP contribution in [-0.4, -0.2) is 20.7 Å². The fourth-order valence-corrected chi connectivity index (χ4v) is 3.95. The summed E-state index contributed by atoms with van der Waals surface area (Å²) in [5.41, 5.74) is 1.75. The van der Waals surface area contributed by atoms with E-state index >= 15 is 0 Å². The number of sulfonamides is 1. The van der Waals surface area contributed by atoms with Gasteiger partial charge in [0.25, 0.3) is 10.0 Å². The number of anilines is 1. The molecule has 0 aliphatic heterocycles. The molecule has 130 valence electrons. The Bertz CT molecular complexity index is 1010. The molecule has 3 aromatic rings. The molecule has 0 bridgehead atoms.